The van der Waals surface area contributed by atoms with E-state index in [1.807, 2.05) is 25.1 Å². The largest absolute Gasteiger partial charge is 0.488 e. The summed E-state index contributed by atoms with van der Waals surface area (Å²) in [6.07, 6.45) is 0. The third kappa shape index (κ3) is 3.51. The Morgan fingerprint density at radius 1 is 1.29 bits per heavy atom. The first-order chi connectivity index (χ1) is 10.0. The Bertz CT molecular complexity index is 674. The summed E-state index contributed by atoms with van der Waals surface area (Å²) in [6, 6.07) is 10.2. The number of hydrogen-bond acceptors (Lipinski definition) is 4. The molecule has 0 bridgehead atoms. The van der Waals surface area contributed by atoms with Crippen molar-refractivity contribution in [2.24, 2.45) is 5.73 Å². The monoisotopic (exact) mass is 306 g/mol. The van der Waals surface area contributed by atoms with Crippen LogP contribution in [0.1, 0.15) is 16.7 Å². The molecular weight excluding hydrogens is 292 g/mol. The molecule has 0 heterocycles. The van der Waals surface area contributed by atoms with Gasteiger partial charge in [0.1, 0.15) is 12.4 Å². The lowest BCUT2D eigenvalue weighted by atomic mass is 10.1. The van der Waals surface area contributed by atoms with Gasteiger partial charge in [0.05, 0.1) is 10.5 Å². The summed E-state index contributed by atoms with van der Waals surface area (Å²) in [5.74, 6) is 0.671. The first-order valence-corrected chi connectivity index (χ1v) is 6.75. The lowest BCUT2D eigenvalue weighted by Crippen LogP contribution is -2.05. The zero-order chi connectivity index (χ0) is 15.4. The topological polar surface area (TPSA) is 78.4 Å². The summed E-state index contributed by atoms with van der Waals surface area (Å²) in [6.45, 7) is 2.34. The van der Waals surface area contributed by atoms with Crippen LogP contribution in [0, 0.1) is 17.0 Å². The second-order valence-corrected chi connectivity index (χ2v) is 5.02. The van der Waals surface area contributed by atoms with Crippen molar-refractivity contribution >= 4 is 17.3 Å². The molecule has 0 aliphatic heterocycles. The molecule has 0 fully saturated rings. The zero-order valence-corrected chi connectivity index (χ0v) is 12.3. The van der Waals surface area contributed by atoms with Gasteiger partial charge in [0, 0.05) is 23.2 Å². The van der Waals surface area contributed by atoms with Gasteiger partial charge in [-0.1, -0.05) is 29.8 Å². The first-order valence-electron chi connectivity index (χ1n) is 6.37. The van der Waals surface area contributed by atoms with Crippen molar-refractivity contribution in [1.29, 1.82) is 0 Å². The fourth-order valence-electron chi connectivity index (χ4n) is 2.06. The first kappa shape index (κ1) is 15.3. The molecule has 2 aromatic rings. The number of nitrogens with zero attached hydrogens (tertiary/aromatic N) is 1. The summed E-state index contributed by atoms with van der Waals surface area (Å²) in [7, 11) is 0. The highest BCUT2D eigenvalue weighted by Gasteiger charge is 2.15. The van der Waals surface area contributed by atoms with E-state index in [0.29, 0.717) is 22.9 Å². The van der Waals surface area contributed by atoms with Gasteiger partial charge in [0.2, 0.25) is 0 Å². The van der Waals surface area contributed by atoms with Gasteiger partial charge >= 0.3 is 0 Å². The number of aryl methyl sites for hydroxylation is 1. The number of ether oxygens (including phenoxy) is 1. The molecule has 6 heteroatoms. The molecule has 0 aliphatic carbocycles. The fourth-order valence-corrected chi connectivity index (χ4v) is 2.23. The number of hydrogen-bond donors (Lipinski definition) is 1. The van der Waals surface area contributed by atoms with E-state index < -0.39 is 4.92 Å². The molecule has 21 heavy (non-hydrogen) atoms. The molecule has 0 atom stereocenters. The van der Waals surface area contributed by atoms with Crippen LogP contribution in [-0.4, -0.2) is 4.92 Å². The van der Waals surface area contributed by atoms with Gasteiger partial charge in [-0.25, -0.2) is 0 Å². The quantitative estimate of drug-likeness (QED) is 0.676. The van der Waals surface area contributed by atoms with E-state index >= 15 is 0 Å². The lowest BCUT2D eigenvalue weighted by Gasteiger charge is -2.13. The van der Waals surface area contributed by atoms with Crippen molar-refractivity contribution in [2.45, 2.75) is 20.1 Å². The maximum atomic E-state index is 11.0. The van der Waals surface area contributed by atoms with Gasteiger partial charge in [0.25, 0.3) is 5.69 Å². The molecule has 5 nitrogen and oxygen atoms in total. The van der Waals surface area contributed by atoms with Crippen molar-refractivity contribution in [3.63, 3.8) is 0 Å². The third-order valence-corrected chi connectivity index (χ3v) is 3.36. The number of halogens is 1. The second kappa shape index (κ2) is 6.56. The summed E-state index contributed by atoms with van der Waals surface area (Å²) < 4.78 is 5.75. The highest BCUT2D eigenvalue weighted by Crippen LogP contribution is 2.27. The minimum Gasteiger partial charge on any atom is -0.488 e. The molecule has 0 aliphatic rings. The fraction of sp³-hybridized carbons (Fsp3) is 0.200. The van der Waals surface area contributed by atoms with Crippen LogP contribution in [0.15, 0.2) is 36.4 Å². The lowest BCUT2D eigenvalue weighted by molar-refractivity contribution is -0.385. The average molecular weight is 307 g/mol. The number of para-hydroxylation sites is 1. The molecule has 2 aromatic carbocycles. The van der Waals surface area contributed by atoms with Crippen LogP contribution in [-0.2, 0) is 13.2 Å². The van der Waals surface area contributed by atoms with E-state index in [-0.39, 0.29) is 12.3 Å². The molecular formula is C15H15ClN2O3. The number of nitro groups is 1. The number of rotatable bonds is 5. The number of nitro benzene ring substituents is 1. The van der Waals surface area contributed by atoms with E-state index in [4.69, 9.17) is 22.1 Å². The van der Waals surface area contributed by atoms with Gasteiger partial charge in [-0.3, -0.25) is 10.1 Å². The Balaban J connectivity index is 2.27. The summed E-state index contributed by atoms with van der Waals surface area (Å²) in [4.78, 5) is 10.6. The van der Waals surface area contributed by atoms with Crippen molar-refractivity contribution in [1.82, 2.24) is 0 Å². The molecule has 2 rings (SSSR count). The van der Waals surface area contributed by atoms with Gasteiger partial charge < -0.3 is 10.5 Å². The van der Waals surface area contributed by atoms with Crippen LogP contribution in [0.3, 0.4) is 0 Å². The minimum atomic E-state index is -0.466. The van der Waals surface area contributed by atoms with Crippen LogP contribution in [0.25, 0.3) is 0 Å². The van der Waals surface area contributed by atoms with Crippen molar-refractivity contribution < 1.29 is 9.66 Å². The van der Waals surface area contributed by atoms with Crippen LogP contribution in [0.4, 0.5) is 5.69 Å². The molecule has 0 spiro atoms. The summed E-state index contributed by atoms with van der Waals surface area (Å²) in [5, 5.41) is 11.4. The zero-order valence-electron chi connectivity index (χ0n) is 11.5. The van der Waals surface area contributed by atoms with Crippen molar-refractivity contribution in [3.8, 4) is 5.75 Å². The highest BCUT2D eigenvalue weighted by atomic mass is 35.5. The van der Waals surface area contributed by atoms with Crippen LogP contribution in [0.2, 0.25) is 5.02 Å². The number of benzene rings is 2. The van der Waals surface area contributed by atoms with Crippen LogP contribution < -0.4 is 10.5 Å². The Morgan fingerprint density at radius 2 is 2.05 bits per heavy atom. The second-order valence-electron chi connectivity index (χ2n) is 4.59. The van der Waals surface area contributed by atoms with Gasteiger partial charge in [0.15, 0.2) is 0 Å². The van der Waals surface area contributed by atoms with Gasteiger partial charge in [-0.15, -0.1) is 0 Å². The Kier molecular flexibility index (Phi) is 4.77. The van der Waals surface area contributed by atoms with E-state index in [9.17, 15) is 10.1 Å². The smallest absolute Gasteiger partial charge is 0.277 e. The molecule has 0 saturated carbocycles. The summed E-state index contributed by atoms with van der Waals surface area (Å²) >= 11 is 5.79. The van der Waals surface area contributed by atoms with Crippen LogP contribution in [0.5, 0.6) is 5.75 Å². The van der Waals surface area contributed by atoms with Crippen molar-refractivity contribution in [2.75, 3.05) is 0 Å². The molecule has 110 valence electrons. The van der Waals surface area contributed by atoms with Crippen LogP contribution >= 0.6 is 11.6 Å². The standard InChI is InChI=1S/C15H15ClN2O3/c1-10-3-2-4-11(8-17)15(10)21-9-12-5-6-13(16)7-14(12)18(19)20/h2-7H,8-9,17H2,1H3. The highest BCUT2D eigenvalue weighted by molar-refractivity contribution is 6.30. The maximum absolute atomic E-state index is 11.0. The SMILES string of the molecule is Cc1cccc(CN)c1OCc1ccc(Cl)cc1[N+](=O)[O-]. The number of nitrogens with two attached hydrogens (primary N) is 1. The minimum absolute atomic E-state index is 0.0506. The van der Waals surface area contributed by atoms with E-state index in [2.05, 4.69) is 0 Å². The predicted molar refractivity (Wildman–Crippen MR) is 81.5 cm³/mol. The van der Waals surface area contributed by atoms with Gasteiger partial charge in [-0.05, 0) is 24.6 Å². The van der Waals surface area contributed by atoms with E-state index in [1.54, 1.807) is 12.1 Å². The van der Waals surface area contributed by atoms with E-state index in [0.717, 1.165) is 11.1 Å². The molecule has 0 saturated heterocycles. The Morgan fingerprint density at radius 3 is 2.71 bits per heavy atom. The molecule has 0 amide bonds. The average Bonchev–Trinajstić information content (AvgIpc) is 2.46. The normalized spacial score (nSPS) is 10.4. The Hall–Kier alpha value is -2.11. The molecule has 0 radical (unpaired) electrons. The Labute approximate surface area is 127 Å². The molecule has 0 unspecified atom stereocenters. The predicted octanol–water partition coefficient (Wildman–Crippen LogP) is 3.59. The van der Waals surface area contributed by atoms with E-state index in [1.165, 1.54) is 6.07 Å². The van der Waals surface area contributed by atoms with Crippen molar-refractivity contribution in [3.05, 3.63) is 68.2 Å². The summed E-state index contributed by atoms with van der Waals surface area (Å²) in [5.41, 5.74) is 7.91. The van der Waals surface area contributed by atoms with Gasteiger partial charge in [-0.2, -0.15) is 0 Å². The molecule has 2 N–H and O–H groups in total. The third-order valence-electron chi connectivity index (χ3n) is 3.13. The maximum Gasteiger partial charge on any atom is 0.277 e. The molecule has 0 aromatic heterocycles.